The summed E-state index contributed by atoms with van der Waals surface area (Å²) in [6.07, 6.45) is -0.0682. The van der Waals surface area contributed by atoms with Crippen LogP contribution in [0, 0.1) is 19.7 Å². The second-order valence-electron chi connectivity index (χ2n) is 6.76. The smallest absolute Gasteiger partial charge is 0.306 e. The molecular weight excluding hydrogens is 361 g/mol. The number of aryl methyl sites for hydroxylation is 2. The Morgan fingerprint density at radius 1 is 1.00 bits per heavy atom. The Kier molecular flexibility index (Phi) is 7.44. The standard InChI is InChI=1S/C22H24FNO4/c1-15-7-8-18(11-16(15)2)20(25)9-10-22(27)28-14-21(26)24(3)13-17-5-4-6-19(23)12-17/h4-8,11-12H,9-10,13-14H2,1-3H3. The fourth-order valence-electron chi connectivity index (χ4n) is 2.60. The molecule has 0 radical (unpaired) electrons. The maximum atomic E-state index is 13.2. The summed E-state index contributed by atoms with van der Waals surface area (Å²) in [5, 5.41) is 0. The van der Waals surface area contributed by atoms with Gasteiger partial charge in [0.2, 0.25) is 0 Å². The summed E-state index contributed by atoms with van der Waals surface area (Å²) in [6, 6.07) is 11.3. The molecular formula is C22H24FNO4. The molecule has 0 aliphatic heterocycles. The Morgan fingerprint density at radius 3 is 2.43 bits per heavy atom. The van der Waals surface area contributed by atoms with Crippen molar-refractivity contribution >= 4 is 17.7 Å². The fraction of sp³-hybridized carbons (Fsp3) is 0.318. The number of carbonyl (C=O) groups excluding carboxylic acids is 3. The average molecular weight is 385 g/mol. The first kappa shape index (κ1) is 21.3. The first-order valence-corrected chi connectivity index (χ1v) is 9.00. The van der Waals surface area contributed by atoms with Crippen LogP contribution >= 0.6 is 0 Å². The van der Waals surface area contributed by atoms with Gasteiger partial charge in [0.25, 0.3) is 5.91 Å². The van der Waals surface area contributed by atoms with Gasteiger partial charge in [-0.1, -0.05) is 24.3 Å². The van der Waals surface area contributed by atoms with Gasteiger partial charge in [0.1, 0.15) is 5.82 Å². The van der Waals surface area contributed by atoms with Crippen molar-refractivity contribution < 1.29 is 23.5 Å². The van der Waals surface area contributed by atoms with Crippen LogP contribution in [-0.4, -0.2) is 36.2 Å². The molecule has 28 heavy (non-hydrogen) atoms. The molecule has 148 valence electrons. The second-order valence-corrected chi connectivity index (χ2v) is 6.76. The van der Waals surface area contributed by atoms with E-state index in [2.05, 4.69) is 0 Å². The monoisotopic (exact) mass is 385 g/mol. The quantitative estimate of drug-likeness (QED) is 0.514. The molecule has 0 aliphatic rings. The van der Waals surface area contributed by atoms with Crippen molar-refractivity contribution in [3.63, 3.8) is 0 Å². The SMILES string of the molecule is Cc1ccc(C(=O)CCC(=O)OCC(=O)N(C)Cc2cccc(F)c2)cc1C. The van der Waals surface area contributed by atoms with Crippen molar-refractivity contribution in [3.8, 4) is 0 Å². The van der Waals surface area contributed by atoms with Gasteiger partial charge in [-0.05, 0) is 48.7 Å². The van der Waals surface area contributed by atoms with Gasteiger partial charge < -0.3 is 9.64 Å². The van der Waals surface area contributed by atoms with Crippen LogP contribution < -0.4 is 0 Å². The van der Waals surface area contributed by atoms with Crippen LogP contribution in [0.5, 0.6) is 0 Å². The highest BCUT2D eigenvalue weighted by atomic mass is 19.1. The van der Waals surface area contributed by atoms with Gasteiger partial charge >= 0.3 is 5.97 Å². The molecule has 0 heterocycles. The van der Waals surface area contributed by atoms with Crippen LogP contribution in [0.3, 0.4) is 0 Å². The van der Waals surface area contributed by atoms with E-state index in [9.17, 15) is 18.8 Å². The number of nitrogens with zero attached hydrogens (tertiary/aromatic N) is 1. The third kappa shape index (κ3) is 6.30. The topological polar surface area (TPSA) is 63.7 Å². The van der Waals surface area contributed by atoms with Crippen molar-refractivity contribution in [2.24, 2.45) is 0 Å². The Hall–Kier alpha value is -3.02. The molecule has 0 bridgehead atoms. The lowest BCUT2D eigenvalue weighted by Crippen LogP contribution is -2.30. The molecule has 2 aromatic carbocycles. The third-order valence-corrected chi connectivity index (χ3v) is 4.48. The molecule has 0 saturated carbocycles. The molecule has 5 nitrogen and oxygen atoms in total. The molecule has 0 fully saturated rings. The molecule has 0 N–H and O–H groups in total. The predicted molar refractivity (Wildman–Crippen MR) is 103 cm³/mol. The summed E-state index contributed by atoms with van der Waals surface area (Å²) < 4.78 is 18.1. The van der Waals surface area contributed by atoms with Gasteiger partial charge in [0.15, 0.2) is 12.4 Å². The van der Waals surface area contributed by atoms with Crippen LogP contribution in [0.2, 0.25) is 0 Å². The fourth-order valence-corrected chi connectivity index (χ4v) is 2.60. The van der Waals surface area contributed by atoms with Crippen molar-refractivity contribution in [2.75, 3.05) is 13.7 Å². The van der Waals surface area contributed by atoms with Crippen molar-refractivity contribution in [2.45, 2.75) is 33.2 Å². The number of hydrogen-bond acceptors (Lipinski definition) is 4. The number of likely N-dealkylation sites (N-methyl/N-ethyl adjacent to an activating group) is 1. The summed E-state index contributed by atoms with van der Waals surface area (Å²) in [5.74, 6) is -1.53. The Labute approximate surface area is 164 Å². The molecule has 0 aromatic heterocycles. The molecule has 0 aliphatic carbocycles. The first-order chi connectivity index (χ1) is 13.3. The predicted octanol–water partition coefficient (Wildman–Crippen LogP) is 3.61. The van der Waals surface area contributed by atoms with E-state index in [4.69, 9.17) is 4.74 Å². The second kappa shape index (κ2) is 9.78. The summed E-state index contributed by atoms with van der Waals surface area (Å²) in [7, 11) is 1.55. The summed E-state index contributed by atoms with van der Waals surface area (Å²) >= 11 is 0. The highest BCUT2D eigenvalue weighted by Gasteiger charge is 2.15. The van der Waals surface area contributed by atoms with Gasteiger partial charge in [-0.2, -0.15) is 0 Å². The van der Waals surface area contributed by atoms with Crippen LogP contribution in [0.15, 0.2) is 42.5 Å². The summed E-state index contributed by atoms with van der Waals surface area (Å²) in [6.45, 7) is 3.68. The number of benzene rings is 2. The van der Waals surface area contributed by atoms with E-state index in [1.165, 1.54) is 17.0 Å². The van der Waals surface area contributed by atoms with E-state index in [-0.39, 0.29) is 31.0 Å². The minimum atomic E-state index is -0.607. The molecule has 0 atom stereocenters. The maximum absolute atomic E-state index is 13.2. The molecule has 1 amide bonds. The molecule has 6 heteroatoms. The molecule has 2 aromatic rings. The number of esters is 1. The number of Topliss-reactive ketones (excluding diaryl/α,β-unsaturated/α-hetero) is 1. The van der Waals surface area contributed by atoms with Gasteiger partial charge in [-0.15, -0.1) is 0 Å². The molecule has 2 rings (SSSR count). The van der Waals surface area contributed by atoms with E-state index in [0.717, 1.165) is 11.1 Å². The van der Waals surface area contributed by atoms with E-state index in [1.54, 1.807) is 31.3 Å². The van der Waals surface area contributed by atoms with E-state index in [1.807, 2.05) is 19.9 Å². The Morgan fingerprint density at radius 2 is 1.75 bits per heavy atom. The number of hydrogen-bond donors (Lipinski definition) is 0. The molecule has 0 unspecified atom stereocenters. The number of ether oxygens (including phenoxy) is 1. The average Bonchev–Trinajstić information content (AvgIpc) is 2.66. The lowest BCUT2D eigenvalue weighted by atomic mass is 10.0. The van der Waals surface area contributed by atoms with Crippen LogP contribution in [0.4, 0.5) is 4.39 Å². The zero-order chi connectivity index (χ0) is 20.7. The largest absolute Gasteiger partial charge is 0.456 e. The zero-order valence-electron chi connectivity index (χ0n) is 16.3. The highest BCUT2D eigenvalue weighted by Crippen LogP contribution is 2.13. The van der Waals surface area contributed by atoms with Crippen LogP contribution in [-0.2, 0) is 20.9 Å². The third-order valence-electron chi connectivity index (χ3n) is 4.48. The lowest BCUT2D eigenvalue weighted by Gasteiger charge is -2.17. The summed E-state index contributed by atoms with van der Waals surface area (Å²) in [4.78, 5) is 37.4. The van der Waals surface area contributed by atoms with Crippen molar-refractivity contribution in [1.29, 1.82) is 0 Å². The van der Waals surface area contributed by atoms with E-state index < -0.39 is 18.5 Å². The van der Waals surface area contributed by atoms with Gasteiger partial charge in [-0.25, -0.2) is 4.39 Å². The van der Waals surface area contributed by atoms with Crippen molar-refractivity contribution in [1.82, 2.24) is 4.90 Å². The summed E-state index contributed by atoms with van der Waals surface area (Å²) in [5.41, 5.74) is 3.31. The van der Waals surface area contributed by atoms with E-state index in [0.29, 0.717) is 11.1 Å². The minimum Gasteiger partial charge on any atom is -0.456 e. The van der Waals surface area contributed by atoms with Gasteiger partial charge in [0.05, 0.1) is 6.42 Å². The van der Waals surface area contributed by atoms with Gasteiger partial charge in [0, 0.05) is 25.6 Å². The molecule has 0 spiro atoms. The maximum Gasteiger partial charge on any atom is 0.306 e. The van der Waals surface area contributed by atoms with Gasteiger partial charge in [-0.3, -0.25) is 14.4 Å². The van der Waals surface area contributed by atoms with E-state index >= 15 is 0 Å². The van der Waals surface area contributed by atoms with Crippen LogP contribution in [0.1, 0.15) is 39.9 Å². The number of ketones is 1. The van der Waals surface area contributed by atoms with Crippen molar-refractivity contribution in [3.05, 3.63) is 70.5 Å². The molecule has 0 saturated heterocycles. The normalized spacial score (nSPS) is 10.4. The number of carbonyl (C=O) groups is 3. The Balaban J connectivity index is 1.75. The number of rotatable bonds is 8. The zero-order valence-corrected chi connectivity index (χ0v) is 16.3. The number of halogens is 1. The Bertz CT molecular complexity index is 879. The minimum absolute atomic E-state index is 0.0225. The number of amides is 1. The highest BCUT2D eigenvalue weighted by molar-refractivity contribution is 5.97. The van der Waals surface area contributed by atoms with Crippen LogP contribution in [0.25, 0.3) is 0 Å². The lowest BCUT2D eigenvalue weighted by molar-refractivity contribution is -0.151. The first-order valence-electron chi connectivity index (χ1n) is 9.00.